The number of amides is 1. The highest BCUT2D eigenvalue weighted by molar-refractivity contribution is 6.32. The lowest BCUT2D eigenvalue weighted by atomic mass is 10.3. The quantitative estimate of drug-likeness (QED) is 0.739. The van der Waals surface area contributed by atoms with Crippen molar-refractivity contribution in [1.29, 1.82) is 0 Å². The first-order valence-electron chi connectivity index (χ1n) is 7.24. The zero-order valence-electron chi connectivity index (χ0n) is 12.8. The summed E-state index contributed by atoms with van der Waals surface area (Å²) in [5.74, 6) is 0.412. The van der Waals surface area contributed by atoms with Gasteiger partial charge in [-0.05, 0) is 31.2 Å². The number of halogens is 1. The minimum Gasteiger partial charge on any atom is -0.467 e. The Kier molecular flexibility index (Phi) is 4.64. The number of benzene rings is 1. The van der Waals surface area contributed by atoms with Gasteiger partial charge in [0.25, 0.3) is 5.91 Å². The highest BCUT2D eigenvalue weighted by atomic mass is 35.5. The maximum absolute atomic E-state index is 12.2. The van der Waals surface area contributed by atoms with Gasteiger partial charge in [0.1, 0.15) is 17.7 Å². The standard InChI is InChI=1S/C16H15ClN4O3/c1-10-19-15(20-21(10)12-6-3-2-5-11(12)17)16(23)18-9-13(22)14-7-4-8-24-14/h2-8,13,22H,9H2,1H3,(H,18,23). The number of aliphatic hydroxyl groups excluding tert-OH is 1. The average molecular weight is 347 g/mol. The van der Waals surface area contributed by atoms with Gasteiger partial charge in [0.05, 0.1) is 23.5 Å². The van der Waals surface area contributed by atoms with E-state index in [1.165, 1.54) is 10.9 Å². The van der Waals surface area contributed by atoms with Crippen LogP contribution in [0.1, 0.15) is 28.3 Å². The van der Waals surface area contributed by atoms with E-state index < -0.39 is 12.0 Å². The van der Waals surface area contributed by atoms with E-state index in [1.807, 2.05) is 12.1 Å². The van der Waals surface area contributed by atoms with Gasteiger partial charge in [0.2, 0.25) is 5.82 Å². The van der Waals surface area contributed by atoms with Gasteiger partial charge in [0, 0.05) is 0 Å². The molecule has 2 N–H and O–H groups in total. The zero-order chi connectivity index (χ0) is 17.1. The molecule has 0 saturated heterocycles. The molecular formula is C16H15ClN4O3. The molecule has 0 spiro atoms. The molecule has 124 valence electrons. The second-order valence-electron chi connectivity index (χ2n) is 5.09. The van der Waals surface area contributed by atoms with E-state index in [2.05, 4.69) is 15.4 Å². The lowest BCUT2D eigenvalue weighted by Gasteiger charge is -2.08. The summed E-state index contributed by atoms with van der Waals surface area (Å²) in [4.78, 5) is 16.3. The fraction of sp³-hybridized carbons (Fsp3) is 0.188. The van der Waals surface area contributed by atoms with Crippen LogP contribution in [0, 0.1) is 6.92 Å². The van der Waals surface area contributed by atoms with Crippen molar-refractivity contribution in [2.45, 2.75) is 13.0 Å². The lowest BCUT2D eigenvalue weighted by Crippen LogP contribution is -2.29. The van der Waals surface area contributed by atoms with Gasteiger partial charge in [-0.25, -0.2) is 9.67 Å². The molecule has 0 aliphatic heterocycles. The number of hydrogen-bond acceptors (Lipinski definition) is 5. The zero-order valence-corrected chi connectivity index (χ0v) is 13.6. The van der Waals surface area contributed by atoms with Crippen LogP contribution in [0.25, 0.3) is 5.69 Å². The van der Waals surface area contributed by atoms with Crippen LogP contribution >= 0.6 is 11.6 Å². The van der Waals surface area contributed by atoms with Gasteiger partial charge < -0.3 is 14.8 Å². The first-order valence-corrected chi connectivity index (χ1v) is 7.62. The first kappa shape index (κ1) is 16.2. The Morgan fingerprint density at radius 1 is 1.38 bits per heavy atom. The Morgan fingerprint density at radius 3 is 2.88 bits per heavy atom. The maximum Gasteiger partial charge on any atom is 0.291 e. The van der Waals surface area contributed by atoms with Gasteiger partial charge >= 0.3 is 0 Å². The van der Waals surface area contributed by atoms with Crippen LogP contribution < -0.4 is 5.32 Å². The number of nitrogens with zero attached hydrogens (tertiary/aromatic N) is 3. The minimum atomic E-state index is -0.935. The summed E-state index contributed by atoms with van der Waals surface area (Å²) >= 11 is 6.15. The van der Waals surface area contributed by atoms with Crippen molar-refractivity contribution in [3.05, 3.63) is 65.1 Å². The average Bonchev–Trinajstić information content (AvgIpc) is 3.23. The molecule has 8 heteroatoms. The summed E-state index contributed by atoms with van der Waals surface area (Å²) in [6.45, 7) is 1.72. The van der Waals surface area contributed by atoms with Crippen molar-refractivity contribution in [1.82, 2.24) is 20.1 Å². The molecule has 0 aliphatic rings. The maximum atomic E-state index is 12.2. The monoisotopic (exact) mass is 346 g/mol. The van der Waals surface area contributed by atoms with E-state index in [0.717, 1.165) is 0 Å². The Bertz CT molecular complexity index is 845. The highest BCUT2D eigenvalue weighted by Crippen LogP contribution is 2.20. The van der Waals surface area contributed by atoms with Crippen LogP contribution in [-0.2, 0) is 0 Å². The van der Waals surface area contributed by atoms with E-state index in [4.69, 9.17) is 16.0 Å². The van der Waals surface area contributed by atoms with Crippen molar-refractivity contribution in [3.8, 4) is 5.69 Å². The molecule has 24 heavy (non-hydrogen) atoms. The molecule has 0 bridgehead atoms. The van der Waals surface area contributed by atoms with Crippen LogP contribution in [-0.4, -0.2) is 32.3 Å². The van der Waals surface area contributed by atoms with Crippen molar-refractivity contribution >= 4 is 17.5 Å². The third kappa shape index (κ3) is 3.32. The van der Waals surface area contributed by atoms with Gasteiger partial charge in [-0.1, -0.05) is 23.7 Å². The smallest absolute Gasteiger partial charge is 0.291 e. The predicted octanol–water partition coefficient (Wildman–Crippen LogP) is 2.29. The summed E-state index contributed by atoms with van der Waals surface area (Å²) < 4.78 is 6.58. The summed E-state index contributed by atoms with van der Waals surface area (Å²) in [6, 6.07) is 10.4. The van der Waals surface area contributed by atoms with E-state index in [-0.39, 0.29) is 12.4 Å². The molecule has 0 aliphatic carbocycles. The molecule has 0 radical (unpaired) electrons. The van der Waals surface area contributed by atoms with Crippen LogP contribution in [0.15, 0.2) is 47.1 Å². The normalized spacial score (nSPS) is 12.1. The Labute approximate surface area is 142 Å². The Hall–Kier alpha value is -2.64. The fourth-order valence-corrected chi connectivity index (χ4v) is 2.40. The number of hydrogen-bond donors (Lipinski definition) is 2. The number of aliphatic hydroxyl groups is 1. The van der Waals surface area contributed by atoms with E-state index >= 15 is 0 Å². The SMILES string of the molecule is Cc1nc(C(=O)NCC(O)c2ccco2)nn1-c1ccccc1Cl. The van der Waals surface area contributed by atoms with Crippen molar-refractivity contribution < 1.29 is 14.3 Å². The number of aromatic nitrogens is 3. The summed E-state index contributed by atoms with van der Waals surface area (Å²) in [7, 11) is 0. The van der Waals surface area contributed by atoms with Gasteiger partial charge in [0.15, 0.2) is 0 Å². The molecular weight excluding hydrogens is 332 g/mol. The number of aryl methyl sites for hydroxylation is 1. The van der Waals surface area contributed by atoms with Crippen LogP contribution in [0.4, 0.5) is 0 Å². The minimum absolute atomic E-state index is 0.000866. The third-order valence-electron chi connectivity index (χ3n) is 3.38. The largest absolute Gasteiger partial charge is 0.467 e. The Morgan fingerprint density at radius 2 is 2.17 bits per heavy atom. The fourth-order valence-electron chi connectivity index (χ4n) is 2.19. The van der Waals surface area contributed by atoms with Crippen LogP contribution in [0.3, 0.4) is 0 Å². The molecule has 2 aromatic heterocycles. The molecule has 3 rings (SSSR count). The van der Waals surface area contributed by atoms with Gasteiger partial charge in [-0.15, -0.1) is 5.10 Å². The number of carbonyl (C=O) groups excluding carboxylic acids is 1. The second kappa shape index (κ2) is 6.86. The van der Waals surface area contributed by atoms with E-state index in [1.54, 1.807) is 31.2 Å². The molecule has 1 aromatic carbocycles. The first-order chi connectivity index (χ1) is 11.6. The molecule has 0 fully saturated rings. The number of furan rings is 1. The van der Waals surface area contributed by atoms with Gasteiger partial charge in [-0.2, -0.15) is 0 Å². The number of nitrogens with one attached hydrogen (secondary N) is 1. The summed E-state index contributed by atoms with van der Waals surface area (Å²) in [5.41, 5.74) is 0.638. The summed E-state index contributed by atoms with van der Waals surface area (Å²) in [6.07, 6.45) is 0.520. The molecule has 7 nitrogen and oxygen atoms in total. The van der Waals surface area contributed by atoms with E-state index in [9.17, 15) is 9.90 Å². The molecule has 1 unspecified atom stereocenters. The number of para-hydroxylation sites is 1. The van der Waals surface area contributed by atoms with Gasteiger partial charge in [-0.3, -0.25) is 4.79 Å². The van der Waals surface area contributed by atoms with Crippen LogP contribution in [0.2, 0.25) is 5.02 Å². The van der Waals surface area contributed by atoms with Crippen molar-refractivity contribution in [3.63, 3.8) is 0 Å². The summed E-state index contributed by atoms with van der Waals surface area (Å²) in [5, 5.41) is 17.2. The lowest BCUT2D eigenvalue weighted by molar-refractivity contribution is 0.0891. The molecule has 3 aromatic rings. The second-order valence-corrected chi connectivity index (χ2v) is 5.49. The Balaban J connectivity index is 1.72. The molecule has 2 heterocycles. The van der Waals surface area contributed by atoms with Crippen molar-refractivity contribution in [2.75, 3.05) is 6.54 Å². The number of rotatable bonds is 5. The van der Waals surface area contributed by atoms with Crippen LogP contribution in [0.5, 0.6) is 0 Å². The predicted molar refractivity (Wildman–Crippen MR) is 87.1 cm³/mol. The molecule has 1 atom stereocenters. The topological polar surface area (TPSA) is 93.2 Å². The van der Waals surface area contributed by atoms with E-state index in [0.29, 0.717) is 22.3 Å². The molecule has 0 saturated carbocycles. The molecule has 1 amide bonds. The highest BCUT2D eigenvalue weighted by Gasteiger charge is 2.18. The number of carbonyl (C=O) groups is 1. The van der Waals surface area contributed by atoms with Crippen molar-refractivity contribution in [2.24, 2.45) is 0 Å². The third-order valence-corrected chi connectivity index (χ3v) is 3.70.